The number of nitrogens with one attached hydrogen (secondary N) is 2. The van der Waals surface area contributed by atoms with Crippen LogP contribution < -0.4 is 20.1 Å². The Bertz CT molecular complexity index is 829. The van der Waals surface area contributed by atoms with Crippen LogP contribution in [0.2, 0.25) is 0 Å². The van der Waals surface area contributed by atoms with Crippen LogP contribution in [0.25, 0.3) is 0 Å². The average molecular weight is 414 g/mol. The molecule has 0 aromatic heterocycles. The normalized spacial score (nSPS) is 33.0. The first-order chi connectivity index (χ1) is 14.6. The van der Waals surface area contributed by atoms with Crippen LogP contribution >= 0.6 is 0 Å². The molecule has 1 aromatic carbocycles. The van der Waals surface area contributed by atoms with Crippen molar-refractivity contribution in [2.24, 2.45) is 17.8 Å². The van der Waals surface area contributed by atoms with Gasteiger partial charge in [0.05, 0.1) is 6.54 Å². The third kappa shape index (κ3) is 3.93. The molecule has 5 rings (SSSR count). The quantitative estimate of drug-likeness (QED) is 0.782. The second-order valence-corrected chi connectivity index (χ2v) is 9.40. The molecule has 5 unspecified atom stereocenters. The Morgan fingerprint density at radius 1 is 1.17 bits per heavy atom. The molecule has 3 heterocycles. The Morgan fingerprint density at radius 2 is 2.00 bits per heavy atom. The number of hydrogen-bond acceptors (Lipinski definition) is 6. The molecule has 7 heteroatoms. The van der Waals surface area contributed by atoms with Gasteiger partial charge in [-0.1, -0.05) is 13.0 Å². The molecular formula is C23H31N3O4. The van der Waals surface area contributed by atoms with Crippen LogP contribution in [0.5, 0.6) is 11.5 Å². The van der Waals surface area contributed by atoms with Gasteiger partial charge in [0, 0.05) is 43.6 Å². The SMILES string of the molecule is CC1CCC2NC3CCN(CC(=O)NCc4ccc5c(c4)OCO5)CC3C(=O)C2C1. The highest BCUT2D eigenvalue weighted by Gasteiger charge is 2.47. The van der Waals surface area contributed by atoms with E-state index in [-0.39, 0.29) is 30.6 Å². The van der Waals surface area contributed by atoms with E-state index in [9.17, 15) is 9.59 Å². The second kappa shape index (κ2) is 8.19. The summed E-state index contributed by atoms with van der Waals surface area (Å²) in [6, 6.07) is 6.36. The van der Waals surface area contributed by atoms with Gasteiger partial charge in [-0.3, -0.25) is 14.5 Å². The molecule has 1 aromatic rings. The monoisotopic (exact) mass is 413 g/mol. The van der Waals surface area contributed by atoms with Crippen molar-refractivity contribution in [2.75, 3.05) is 26.4 Å². The van der Waals surface area contributed by atoms with Crippen molar-refractivity contribution in [3.05, 3.63) is 23.8 Å². The van der Waals surface area contributed by atoms with Crippen LogP contribution in [0.1, 0.15) is 38.2 Å². The lowest BCUT2D eigenvalue weighted by Gasteiger charge is -2.48. The number of likely N-dealkylation sites (tertiary alicyclic amines) is 1. The molecule has 1 aliphatic carbocycles. The topological polar surface area (TPSA) is 79.9 Å². The molecule has 2 saturated heterocycles. The lowest BCUT2D eigenvalue weighted by molar-refractivity contribution is -0.137. The van der Waals surface area contributed by atoms with Gasteiger partial charge in [0.15, 0.2) is 11.5 Å². The standard InChI is InChI=1S/C23H31N3O4/c1-14-2-4-18-16(8-14)23(28)17-11-26(7-6-19(17)25-18)12-22(27)24-10-15-3-5-20-21(9-15)30-13-29-20/h3,5,9,14,16-19,25H,2,4,6-8,10-13H2,1H3,(H,24,27). The zero-order chi connectivity index (χ0) is 20.7. The van der Waals surface area contributed by atoms with E-state index in [4.69, 9.17) is 9.47 Å². The minimum atomic E-state index is -0.00787. The van der Waals surface area contributed by atoms with Crippen molar-refractivity contribution in [2.45, 2.75) is 51.2 Å². The van der Waals surface area contributed by atoms with Gasteiger partial charge in [0.25, 0.3) is 0 Å². The van der Waals surface area contributed by atoms with Gasteiger partial charge in [-0.25, -0.2) is 0 Å². The summed E-state index contributed by atoms with van der Waals surface area (Å²) < 4.78 is 10.7. The highest BCUT2D eigenvalue weighted by Crippen LogP contribution is 2.37. The molecule has 3 fully saturated rings. The van der Waals surface area contributed by atoms with Crippen molar-refractivity contribution < 1.29 is 19.1 Å². The second-order valence-electron chi connectivity index (χ2n) is 9.40. The molecule has 3 aliphatic heterocycles. The van der Waals surface area contributed by atoms with E-state index in [0.29, 0.717) is 37.4 Å². The van der Waals surface area contributed by atoms with Crippen LogP contribution in [-0.4, -0.2) is 55.1 Å². The van der Waals surface area contributed by atoms with Crippen LogP contribution in [0.15, 0.2) is 18.2 Å². The fourth-order valence-electron chi connectivity index (χ4n) is 5.61. The molecular weight excluding hydrogens is 382 g/mol. The van der Waals surface area contributed by atoms with E-state index in [1.807, 2.05) is 18.2 Å². The Morgan fingerprint density at radius 3 is 2.90 bits per heavy atom. The third-order valence-electron chi connectivity index (χ3n) is 7.26. The number of carbonyl (C=O) groups excluding carboxylic acids is 2. The summed E-state index contributed by atoms with van der Waals surface area (Å²) >= 11 is 0. The van der Waals surface area contributed by atoms with Gasteiger partial charge in [-0.2, -0.15) is 0 Å². The highest BCUT2D eigenvalue weighted by atomic mass is 16.7. The molecule has 2 N–H and O–H groups in total. The maximum atomic E-state index is 13.2. The first-order valence-electron chi connectivity index (χ1n) is 11.2. The maximum Gasteiger partial charge on any atom is 0.234 e. The zero-order valence-corrected chi connectivity index (χ0v) is 17.6. The van der Waals surface area contributed by atoms with E-state index >= 15 is 0 Å². The number of ether oxygens (including phenoxy) is 2. The maximum absolute atomic E-state index is 13.2. The smallest absolute Gasteiger partial charge is 0.234 e. The lowest BCUT2D eigenvalue weighted by atomic mass is 9.68. The van der Waals surface area contributed by atoms with E-state index in [1.54, 1.807) is 0 Å². The number of hydrogen-bond donors (Lipinski definition) is 2. The summed E-state index contributed by atoms with van der Waals surface area (Å²) in [5, 5.41) is 6.77. The third-order valence-corrected chi connectivity index (χ3v) is 7.26. The van der Waals surface area contributed by atoms with Crippen LogP contribution in [0, 0.1) is 17.8 Å². The molecule has 0 radical (unpaired) electrons. The Hall–Kier alpha value is -2.12. The molecule has 5 atom stereocenters. The molecule has 1 saturated carbocycles. The number of nitrogens with zero attached hydrogens (tertiary/aromatic N) is 1. The van der Waals surface area contributed by atoms with Crippen LogP contribution in [0.3, 0.4) is 0 Å². The van der Waals surface area contributed by atoms with E-state index in [2.05, 4.69) is 22.5 Å². The Kier molecular flexibility index (Phi) is 5.41. The number of piperidine rings is 2. The molecule has 30 heavy (non-hydrogen) atoms. The number of amides is 1. The fraction of sp³-hybridized carbons (Fsp3) is 0.652. The molecule has 162 valence electrons. The number of Topliss-reactive ketones (excluding diaryl/α,β-unsaturated/α-hetero) is 1. The number of benzene rings is 1. The largest absolute Gasteiger partial charge is 0.454 e. The lowest BCUT2D eigenvalue weighted by Crippen LogP contribution is -2.64. The predicted octanol–water partition coefficient (Wildman–Crippen LogP) is 1.70. The number of fused-ring (bicyclic) bond motifs is 3. The van der Waals surface area contributed by atoms with Crippen molar-refractivity contribution in [1.29, 1.82) is 0 Å². The van der Waals surface area contributed by atoms with Gasteiger partial charge in [0.1, 0.15) is 5.78 Å². The minimum absolute atomic E-state index is 0.00787. The molecule has 0 spiro atoms. The molecule has 4 aliphatic rings. The molecule has 1 amide bonds. The van der Waals surface area contributed by atoms with Crippen molar-refractivity contribution in [3.8, 4) is 11.5 Å². The summed E-state index contributed by atoms with van der Waals surface area (Å²) in [5.41, 5.74) is 0.982. The summed E-state index contributed by atoms with van der Waals surface area (Å²) in [5.74, 6) is 2.71. The van der Waals surface area contributed by atoms with Crippen LogP contribution in [0.4, 0.5) is 0 Å². The first-order valence-corrected chi connectivity index (χ1v) is 11.2. The van der Waals surface area contributed by atoms with Gasteiger partial charge < -0.3 is 20.1 Å². The van der Waals surface area contributed by atoms with E-state index in [0.717, 1.165) is 42.9 Å². The van der Waals surface area contributed by atoms with Gasteiger partial charge in [0.2, 0.25) is 12.7 Å². The number of ketones is 1. The van der Waals surface area contributed by atoms with Gasteiger partial charge in [-0.15, -0.1) is 0 Å². The Labute approximate surface area is 177 Å². The van der Waals surface area contributed by atoms with Gasteiger partial charge in [-0.05, 0) is 49.3 Å². The summed E-state index contributed by atoms with van der Waals surface area (Å²) in [7, 11) is 0. The number of rotatable bonds is 4. The first kappa shape index (κ1) is 19.8. The average Bonchev–Trinajstić information content (AvgIpc) is 3.21. The van der Waals surface area contributed by atoms with Crippen molar-refractivity contribution in [1.82, 2.24) is 15.5 Å². The Balaban J connectivity index is 1.14. The highest BCUT2D eigenvalue weighted by molar-refractivity contribution is 5.86. The predicted molar refractivity (Wildman–Crippen MR) is 111 cm³/mol. The van der Waals surface area contributed by atoms with Crippen molar-refractivity contribution >= 4 is 11.7 Å². The van der Waals surface area contributed by atoms with Crippen LogP contribution in [-0.2, 0) is 16.1 Å². The summed E-state index contributed by atoms with van der Waals surface area (Å²) in [6.45, 7) is 4.84. The fourth-order valence-corrected chi connectivity index (χ4v) is 5.61. The molecule has 7 nitrogen and oxygen atoms in total. The number of carbonyl (C=O) groups is 2. The molecule has 0 bridgehead atoms. The van der Waals surface area contributed by atoms with E-state index < -0.39 is 0 Å². The van der Waals surface area contributed by atoms with Crippen molar-refractivity contribution in [3.63, 3.8) is 0 Å². The summed E-state index contributed by atoms with van der Waals surface area (Å²) in [4.78, 5) is 27.8. The van der Waals surface area contributed by atoms with Gasteiger partial charge >= 0.3 is 0 Å². The zero-order valence-electron chi connectivity index (χ0n) is 17.6. The minimum Gasteiger partial charge on any atom is -0.454 e. The van der Waals surface area contributed by atoms with E-state index in [1.165, 1.54) is 6.42 Å². The summed E-state index contributed by atoms with van der Waals surface area (Å²) in [6.07, 6.45) is 4.28.